The fourth-order valence-corrected chi connectivity index (χ4v) is 3.64. The third-order valence-corrected chi connectivity index (χ3v) is 4.98. The predicted molar refractivity (Wildman–Crippen MR) is 85.0 cm³/mol. The number of rotatable bonds is 6. The number of amides is 1. The van der Waals surface area contributed by atoms with Gasteiger partial charge in [0.25, 0.3) is 0 Å². The number of nitrogens with zero attached hydrogens (tertiary/aromatic N) is 1. The molecule has 2 fully saturated rings. The van der Waals surface area contributed by atoms with Gasteiger partial charge in [-0.05, 0) is 43.9 Å². The lowest BCUT2D eigenvalue weighted by Crippen LogP contribution is -2.52. The normalized spacial score (nSPS) is 23.0. The Labute approximate surface area is 129 Å². The van der Waals surface area contributed by atoms with Gasteiger partial charge in [-0.15, -0.1) is 0 Å². The zero-order chi connectivity index (χ0) is 15.2. The summed E-state index contributed by atoms with van der Waals surface area (Å²) in [5.74, 6) is 1.20. The Morgan fingerprint density at radius 2 is 1.81 bits per heavy atom. The average Bonchev–Trinajstić information content (AvgIpc) is 2.98. The van der Waals surface area contributed by atoms with Gasteiger partial charge in [0, 0.05) is 25.7 Å². The first-order valence-electron chi connectivity index (χ1n) is 8.75. The smallest absolute Gasteiger partial charge is 0.239 e. The van der Waals surface area contributed by atoms with Crippen molar-refractivity contribution in [2.24, 2.45) is 11.8 Å². The number of aliphatic hydroxyl groups excluding tert-OH is 1. The summed E-state index contributed by atoms with van der Waals surface area (Å²) in [7, 11) is 0. The minimum atomic E-state index is -0.0150. The molecule has 1 aliphatic carbocycles. The van der Waals surface area contributed by atoms with Gasteiger partial charge in [0.05, 0.1) is 6.04 Å². The van der Waals surface area contributed by atoms with Crippen molar-refractivity contribution in [1.29, 1.82) is 0 Å². The predicted octanol–water partition coefficient (Wildman–Crippen LogP) is 2.16. The Hall–Kier alpha value is -0.610. The Balaban J connectivity index is 1.90. The van der Waals surface area contributed by atoms with E-state index in [1.165, 1.54) is 25.7 Å². The molecule has 1 saturated heterocycles. The Morgan fingerprint density at radius 1 is 1.19 bits per heavy atom. The van der Waals surface area contributed by atoms with Gasteiger partial charge in [-0.2, -0.15) is 0 Å². The summed E-state index contributed by atoms with van der Waals surface area (Å²) in [5, 5.41) is 12.8. The molecule has 4 heteroatoms. The van der Waals surface area contributed by atoms with Gasteiger partial charge < -0.3 is 15.3 Å². The van der Waals surface area contributed by atoms with E-state index in [0.717, 1.165) is 32.4 Å². The zero-order valence-corrected chi connectivity index (χ0v) is 13.7. The summed E-state index contributed by atoms with van der Waals surface area (Å²) in [4.78, 5) is 14.8. The standard InChI is InChI=1S/C17H32N2O2/c1-13(2)11-16(18-15-5-3-4-6-15)17(21)19-9-7-14(12-20)8-10-19/h13-16,18,20H,3-12H2,1-2H3. The maximum atomic E-state index is 12.8. The van der Waals surface area contributed by atoms with Crippen LogP contribution in [0.2, 0.25) is 0 Å². The summed E-state index contributed by atoms with van der Waals surface area (Å²) in [6.07, 6.45) is 7.84. The SMILES string of the molecule is CC(C)CC(NC1CCCC1)C(=O)N1CCC(CO)CC1. The van der Waals surface area contributed by atoms with Gasteiger partial charge in [-0.3, -0.25) is 4.79 Å². The number of carbonyl (C=O) groups is 1. The summed E-state index contributed by atoms with van der Waals surface area (Å²) < 4.78 is 0. The van der Waals surface area contributed by atoms with Gasteiger partial charge in [0.15, 0.2) is 0 Å². The molecule has 0 aromatic rings. The first-order chi connectivity index (χ1) is 10.1. The van der Waals surface area contributed by atoms with Crippen LogP contribution in [-0.4, -0.2) is 47.7 Å². The molecule has 1 saturated carbocycles. The lowest BCUT2D eigenvalue weighted by molar-refractivity contribution is -0.135. The minimum Gasteiger partial charge on any atom is -0.396 e. The molecule has 2 aliphatic rings. The molecule has 0 aromatic heterocycles. The molecule has 0 aromatic carbocycles. The molecule has 1 amide bonds. The highest BCUT2D eigenvalue weighted by molar-refractivity contribution is 5.82. The van der Waals surface area contributed by atoms with Crippen LogP contribution in [0, 0.1) is 11.8 Å². The molecular weight excluding hydrogens is 264 g/mol. The molecule has 1 aliphatic heterocycles. The minimum absolute atomic E-state index is 0.0150. The molecule has 4 nitrogen and oxygen atoms in total. The van der Waals surface area contributed by atoms with Gasteiger partial charge in [-0.25, -0.2) is 0 Å². The van der Waals surface area contributed by atoms with Crippen molar-refractivity contribution in [3.8, 4) is 0 Å². The van der Waals surface area contributed by atoms with Crippen LogP contribution in [0.5, 0.6) is 0 Å². The molecule has 0 spiro atoms. The Kier molecular flexibility index (Phi) is 6.49. The molecule has 122 valence electrons. The van der Waals surface area contributed by atoms with Crippen molar-refractivity contribution < 1.29 is 9.90 Å². The van der Waals surface area contributed by atoms with E-state index in [0.29, 0.717) is 17.9 Å². The summed E-state index contributed by atoms with van der Waals surface area (Å²) >= 11 is 0. The number of likely N-dealkylation sites (tertiary alicyclic amines) is 1. The number of aliphatic hydroxyl groups is 1. The van der Waals surface area contributed by atoms with Crippen LogP contribution in [0.1, 0.15) is 58.8 Å². The second-order valence-electron chi connectivity index (χ2n) is 7.28. The van der Waals surface area contributed by atoms with E-state index in [1.54, 1.807) is 0 Å². The number of nitrogens with one attached hydrogen (secondary N) is 1. The largest absolute Gasteiger partial charge is 0.396 e. The molecule has 2 rings (SSSR count). The van der Waals surface area contributed by atoms with E-state index in [-0.39, 0.29) is 18.6 Å². The maximum Gasteiger partial charge on any atom is 0.239 e. The van der Waals surface area contributed by atoms with Crippen LogP contribution in [0.4, 0.5) is 0 Å². The molecule has 1 unspecified atom stereocenters. The maximum absolute atomic E-state index is 12.8. The number of carbonyl (C=O) groups excluding carboxylic acids is 1. The second kappa shape index (κ2) is 8.14. The van der Waals surface area contributed by atoms with E-state index in [9.17, 15) is 9.90 Å². The number of hydrogen-bond acceptors (Lipinski definition) is 3. The molecule has 1 atom stereocenters. The van der Waals surface area contributed by atoms with Crippen LogP contribution in [0.15, 0.2) is 0 Å². The van der Waals surface area contributed by atoms with Gasteiger partial charge in [0.2, 0.25) is 5.91 Å². The van der Waals surface area contributed by atoms with E-state index >= 15 is 0 Å². The number of piperidine rings is 1. The quantitative estimate of drug-likeness (QED) is 0.790. The third kappa shape index (κ3) is 4.96. The van der Waals surface area contributed by atoms with Crippen LogP contribution in [0.3, 0.4) is 0 Å². The van der Waals surface area contributed by atoms with E-state index in [1.807, 2.05) is 4.90 Å². The molecule has 0 bridgehead atoms. The Bertz CT molecular complexity index is 319. The van der Waals surface area contributed by atoms with Crippen molar-refractivity contribution in [3.63, 3.8) is 0 Å². The monoisotopic (exact) mass is 296 g/mol. The van der Waals surface area contributed by atoms with Gasteiger partial charge in [-0.1, -0.05) is 26.7 Å². The van der Waals surface area contributed by atoms with E-state index in [4.69, 9.17) is 0 Å². The van der Waals surface area contributed by atoms with Gasteiger partial charge in [0.1, 0.15) is 0 Å². The molecule has 0 radical (unpaired) electrons. The third-order valence-electron chi connectivity index (χ3n) is 4.98. The van der Waals surface area contributed by atoms with Gasteiger partial charge >= 0.3 is 0 Å². The Morgan fingerprint density at radius 3 is 2.33 bits per heavy atom. The van der Waals surface area contributed by atoms with Crippen LogP contribution in [-0.2, 0) is 4.79 Å². The lowest BCUT2D eigenvalue weighted by Gasteiger charge is -2.35. The first-order valence-corrected chi connectivity index (χ1v) is 8.75. The van der Waals surface area contributed by atoms with Crippen molar-refractivity contribution >= 4 is 5.91 Å². The second-order valence-corrected chi connectivity index (χ2v) is 7.28. The van der Waals surface area contributed by atoms with Crippen LogP contribution in [0.25, 0.3) is 0 Å². The highest BCUT2D eigenvalue weighted by Gasteiger charge is 2.30. The molecular formula is C17H32N2O2. The fourth-order valence-electron chi connectivity index (χ4n) is 3.64. The van der Waals surface area contributed by atoms with Crippen molar-refractivity contribution in [3.05, 3.63) is 0 Å². The van der Waals surface area contributed by atoms with E-state index < -0.39 is 0 Å². The van der Waals surface area contributed by atoms with Crippen LogP contribution < -0.4 is 5.32 Å². The lowest BCUT2D eigenvalue weighted by atomic mass is 9.95. The topological polar surface area (TPSA) is 52.6 Å². The fraction of sp³-hybridized carbons (Fsp3) is 0.941. The van der Waals surface area contributed by atoms with E-state index in [2.05, 4.69) is 19.2 Å². The summed E-state index contributed by atoms with van der Waals surface area (Å²) in [6, 6.07) is 0.520. The highest BCUT2D eigenvalue weighted by atomic mass is 16.3. The first kappa shape index (κ1) is 16.8. The van der Waals surface area contributed by atoms with Crippen molar-refractivity contribution in [1.82, 2.24) is 10.2 Å². The number of hydrogen-bond donors (Lipinski definition) is 2. The zero-order valence-electron chi connectivity index (χ0n) is 13.7. The average molecular weight is 296 g/mol. The summed E-state index contributed by atoms with van der Waals surface area (Å²) in [6.45, 7) is 6.26. The highest BCUT2D eigenvalue weighted by Crippen LogP contribution is 2.22. The molecule has 2 N–H and O–H groups in total. The van der Waals surface area contributed by atoms with Crippen molar-refractivity contribution in [2.75, 3.05) is 19.7 Å². The van der Waals surface area contributed by atoms with Crippen molar-refractivity contribution in [2.45, 2.75) is 70.9 Å². The summed E-state index contributed by atoms with van der Waals surface area (Å²) in [5.41, 5.74) is 0. The van der Waals surface area contributed by atoms with Crippen LogP contribution >= 0.6 is 0 Å². The molecule has 1 heterocycles. The molecule has 21 heavy (non-hydrogen) atoms.